The molecular weight excluding hydrogens is 348 g/mol. The van der Waals surface area contributed by atoms with Crippen molar-refractivity contribution in [2.24, 2.45) is 0 Å². The van der Waals surface area contributed by atoms with Gasteiger partial charge in [-0.3, -0.25) is 4.79 Å². The first kappa shape index (κ1) is 12.6. The number of carbonyl (C=O) groups is 1. The highest BCUT2D eigenvalue weighted by molar-refractivity contribution is 14.1. The Balaban J connectivity index is 2.82. The molecule has 0 heterocycles. The number of hydrogen-bond acceptors (Lipinski definition) is 1. The Labute approximate surface area is 111 Å². The summed E-state index contributed by atoms with van der Waals surface area (Å²) in [4.78, 5) is 11.4. The van der Waals surface area contributed by atoms with E-state index in [0.29, 0.717) is 15.7 Å². The van der Waals surface area contributed by atoms with E-state index in [-0.39, 0.29) is 5.91 Å². The number of benzene rings is 1. The number of hydrogen-bond donors (Lipinski definition) is 1. The lowest BCUT2D eigenvalue weighted by atomic mass is 10.3. The van der Waals surface area contributed by atoms with Crippen LogP contribution in [0, 0.1) is 12.3 Å². The molecule has 0 radical (unpaired) electrons. The van der Waals surface area contributed by atoms with Gasteiger partial charge in [-0.1, -0.05) is 51.7 Å². The van der Waals surface area contributed by atoms with Gasteiger partial charge in [-0.15, -0.1) is 6.42 Å². The monoisotopic (exact) mass is 353 g/mol. The van der Waals surface area contributed by atoms with E-state index in [9.17, 15) is 4.79 Å². The zero-order chi connectivity index (χ0) is 11.4. The molecule has 0 spiro atoms. The molecule has 1 unspecified atom stereocenters. The maximum absolute atomic E-state index is 11.4. The van der Waals surface area contributed by atoms with Crippen LogP contribution in [0.5, 0.6) is 0 Å². The summed E-state index contributed by atoms with van der Waals surface area (Å²) in [6.07, 6.45) is 5.12. The van der Waals surface area contributed by atoms with E-state index in [2.05, 4.69) is 11.2 Å². The summed E-state index contributed by atoms with van der Waals surface area (Å²) in [6, 6.07) is 4.79. The molecule has 1 rings (SSSR count). The SMILES string of the molecule is C#CC(I)C(=O)Nc1cc(Cl)cc(Cl)c1. The lowest BCUT2D eigenvalue weighted by molar-refractivity contribution is -0.114. The van der Waals surface area contributed by atoms with Gasteiger partial charge in [-0.2, -0.15) is 0 Å². The third-order valence-electron chi connectivity index (χ3n) is 1.51. The van der Waals surface area contributed by atoms with E-state index < -0.39 is 3.92 Å². The van der Waals surface area contributed by atoms with Gasteiger partial charge in [-0.25, -0.2) is 0 Å². The molecule has 1 atom stereocenters. The van der Waals surface area contributed by atoms with Crippen molar-refractivity contribution < 1.29 is 4.79 Å². The van der Waals surface area contributed by atoms with Crippen molar-refractivity contribution in [2.75, 3.05) is 5.32 Å². The number of amides is 1. The first-order valence-electron chi connectivity index (χ1n) is 3.90. The van der Waals surface area contributed by atoms with Crippen LogP contribution in [0.3, 0.4) is 0 Å². The molecule has 0 fully saturated rings. The van der Waals surface area contributed by atoms with Crippen LogP contribution in [0.2, 0.25) is 10.0 Å². The summed E-state index contributed by atoms with van der Waals surface area (Å²) in [5.74, 6) is 2.06. The Morgan fingerprint density at radius 2 is 1.93 bits per heavy atom. The molecule has 0 aliphatic carbocycles. The molecule has 1 N–H and O–H groups in total. The fourth-order valence-electron chi connectivity index (χ4n) is 0.907. The number of nitrogens with one attached hydrogen (secondary N) is 1. The number of anilines is 1. The molecule has 1 amide bonds. The van der Waals surface area contributed by atoms with Gasteiger partial charge in [0, 0.05) is 15.7 Å². The fraction of sp³-hybridized carbons (Fsp3) is 0.100. The molecule has 0 saturated heterocycles. The largest absolute Gasteiger partial charge is 0.324 e. The number of terminal acetylenes is 1. The van der Waals surface area contributed by atoms with Crippen LogP contribution in [0.15, 0.2) is 18.2 Å². The van der Waals surface area contributed by atoms with Crippen LogP contribution in [0.1, 0.15) is 0 Å². The van der Waals surface area contributed by atoms with Crippen molar-refractivity contribution in [3.05, 3.63) is 28.2 Å². The van der Waals surface area contributed by atoms with Crippen LogP contribution in [0.25, 0.3) is 0 Å². The molecule has 5 heteroatoms. The maximum atomic E-state index is 11.4. The van der Waals surface area contributed by atoms with Gasteiger partial charge in [0.15, 0.2) is 3.92 Å². The van der Waals surface area contributed by atoms with E-state index in [1.807, 2.05) is 22.6 Å². The zero-order valence-electron chi connectivity index (χ0n) is 7.43. The predicted molar refractivity (Wildman–Crippen MR) is 71.7 cm³/mol. The number of carbonyl (C=O) groups excluding carboxylic acids is 1. The average molecular weight is 354 g/mol. The van der Waals surface area contributed by atoms with Crippen LogP contribution in [0.4, 0.5) is 5.69 Å². The molecule has 0 bridgehead atoms. The zero-order valence-corrected chi connectivity index (χ0v) is 11.1. The molecule has 78 valence electrons. The molecule has 2 nitrogen and oxygen atoms in total. The normalized spacial score (nSPS) is 11.6. The summed E-state index contributed by atoms with van der Waals surface area (Å²) >= 11 is 13.4. The molecule has 1 aromatic rings. The Morgan fingerprint density at radius 3 is 2.40 bits per heavy atom. The fourth-order valence-corrected chi connectivity index (χ4v) is 1.59. The van der Waals surface area contributed by atoms with E-state index in [1.54, 1.807) is 18.2 Å². The van der Waals surface area contributed by atoms with Crippen LogP contribution >= 0.6 is 45.8 Å². The highest BCUT2D eigenvalue weighted by atomic mass is 127. The van der Waals surface area contributed by atoms with Crippen molar-refractivity contribution in [3.8, 4) is 12.3 Å². The number of halogens is 3. The molecule has 0 aliphatic heterocycles. The molecule has 1 aromatic carbocycles. The van der Waals surface area contributed by atoms with Crippen molar-refractivity contribution in [1.29, 1.82) is 0 Å². The lowest BCUT2D eigenvalue weighted by Crippen LogP contribution is -2.21. The summed E-state index contributed by atoms with van der Waals surface area (Å²) in [5, 5.41) is 3.54. The first-order valence-corrected chi connectivity index (χ1v) is 5.90. The van der Waals surface area contributed by atoms with Crippen molar-refractivity contribution in [2.45, 2.75) is 3.92 Å². The summed E-state index contributed by atoms with van der Waals surface area (Å²) < 4.78 is -0.514. The minimum Gasteiger partial charge on any atom is -0.324 e. The van der Waals surface area contributed by atoms with E-state index >= 15 is 0 Å². The van der Waals surface area contributed by atoms with Gasteiger partial charge in [0.25, 0.3) is 0 Å². The van der Waals surface area contributed by atoms with Gasteiger partial charge < -0.3 is 5.32 Å². The topological polar surface area (TPSA) is 29.1 Å². The minimum absolute atomic E-state index is 0.267. The third-order valence-corrected chi connectivity index (χ3v) is 2.87. The predicted octanol–water partition coefficient (Wildman–Crippen LogP) is 3.37. The van der Waals surface area contributed by atoms with E-state index in [0.717, 1.165) is 0 Å². The summed E-state index contributed by atoms with van der Waals surface area (Å²) in [7, 11) is 0. The first-order chi connectivity index (χ1) is 7.02. The molecule has 0 aromatic heterocycles. The number of alkyl halides is 1. The van der Waals surface area contributed by atoms with Crippen molar-refractivity contribution in [1.82, 2.24) is 0 Å². The van der Waals surface area contributed by atoms with Crippen LogP contribution < -0.4 is 5.32 Å². The maximum Gasteiger partial charge on any atom is 0.249 e. The van der Waals surface area contributed by atoms with Crippen LogP contribution in [-0.4, -0.2) is 9.83 Å². The molecule has 15 heavy (non-hydrogen) atoms. The van der Waals surface area contributed by atoms with Crippen molar-refractivity contribution in [3.63, 3.8) is 0 Å². The molecule has 0 saturated carbocycles. The third kappa shape index (κ3) is 3.90. The van der Waals surface area contributed by atoms with Gasteiger partial charge in [0.2, 0.25) is 5.91 Å². The number of rotatable bonds is 2. The summed E-state index contributed by atoms with van der Waals surface area (Å²) in [5.41, 5.74) is 0.536. The molecular formula is C10H6Cl2INO. The summed E-state index contributed by atoms with van der Waals surface area (Å²) in [6.45, 7) is 0. The second-order valence-corrected chi connectivity index (χ2v) is 4.80. The highest BCUT2D eigenvalue weighted by Crippen LogP contribution is 2.22. The van der Waals surface area contributed by atoms with E-state index in [1.165, 1.54) is 0 Å². The smallest absolute Gasteiger partial charge is 0.249 e. The Kier molecular flexibility index (Phi) is 4.71. The Hall–Kier alpha value is -0.440. The van der Waals surface area contributed by atoms with E-state index in [4.69, 9.17) is 29.6 Å². The second-order valence-electron chi connectivity index (χ2n) is 2.68. The van der Waals surface area contributed by atoms with Gasteiger partial charge in [0.1, 0.15) is 0 Å². The minimum atomic E-state index is -0.514. The average Bonchev–Trinajstić information content (AvgIpc) is 2.14. The van der Waals surface area contributed by atoms with Gasteiger partial charge >= 0.3 is 0 Å². The standard InChI is InChI=1S/C10H6Cl2INO/c1-2-9(13)10(15)14-8-4-6(11)3-7(12)5-8/h1,3-5,9H,(H,14,15). The highest BCUT2D eigenvalue weighted by Gasteiger charge is 2.11. The van der Waals surface area contributed by atoms with Gasteiger partial charge in [0.05, 0.1) is 0 Å². The Bertz CT molecular complexity index is 408. The lowest BCUT2D eigenvalue weighted by Gasteiger charge is -2.06. The molecule has 0 aliphatic rings. The van der Waals surface area contributed by atoms with Crippen molar-refractivity contribution >= 4 is 57.4 Å². The Morgan fingerprint density at radius 1 is 1.40 bits per heavy atom. The van der Waals surface area contributed by atoms with Gasteiger partial charge in [-0.05, 0) is 18.2 Å². The van der Waals surface area contributed by atoms with Crippen LogP contribution in [-0.2, 0) is 4.79 Å². The second kappa shape index (κ2) is 5.59. The quantitative estimate of drug-likeness (QED) is 0.493.